The van der Waals surface area contributed by atoms with Crippen molar-refractivity contribution in [2.45, 2.75) is 141 Å². The first-order valence-electron chi connectivity index (χ1n) is 33.8. The molecule has 4 aromatic rings. The number of nitrogens with one attached hydrogen (secondary N) is 5. The van der Waals surface area contributed by atoms with E-state index in [9.17, 15) is 43.2 Å². The summed E-state index contributed by atoms with van der Waals surface area (Å²) in [6.45, 7) is 14.5. The monoisotopic (exact) mass is 1340 g/mol. The van der Waals surface area contributed by atoms with Gasteiger partial charge in [-0.3, -0.25) is 53.2 Å². The molecule has 10 rings (SSSR count). The zero-order valence-corrected chi connectivity index (χ0v) is 55.7. The van der Waals surface area contributed by atoms with Crippen LogP contribution in [0.4, 0.5) is 27.5 Å². The smallest absolute Gasteiger partial charge is 0.312 e. The number of amides is 9. The SMILES string of the molecule is C=C1C[C@H]2C=Nc3cc4c(cc3C(=O)N2C1)OCCCCCCCCOc1cc2c(cc1OCCCO4)N=C[C@@H]1Cc3ccc(NC(=C)OCc4ccc(NC(=O)[C@H](CCCNC(N)=O)CC(=O)[C@@H](NC(=O)CCCNC(=O)CCN5C(=O)C=CC5=O)C(C)C)cc4)cc3CN1C2=O. The highest BCUT2D eigenvalue weighted by Gasteiger charge is 2.37. The number of ketones is 1. The van der Waals surface area contributed by atoms with Crippen LogP contribution < -0.4 is 51.3 Å². The third-order valence-electron chi connectivity index (χ3n) is 17.9. The molecule has 4 atom stereocenters. The molecule has 9 amide bonds. The summed E-state index contributed by atoms with van der Waals surface area (Å²) in [5.41, 5.74) is 12.2. The number of hydrogen-bond donors (Lipinski definition) is 6. The lowest BCUT2D eigenvalue weighted by Crippen LogP contribution is -2.45. The zero-order chi connectivity index (χ0) is 69.2. The molecule has 4 aromatic carbocycles. The summed E-state index contributed by atoms with van der Waals surface area (Å²) in [6, 6.07) is 18.0. The van der Waals surface area contributed by atoms with Crippen molar-refractivity contribution in [3.63, 3.8) is 0 Å². The predicted molar refractivity (Wildman–Crippen MR) is 368 cm³/mol. The van der Waals surface area contributed by atoms with E-state index < -0.39 is 41.6 Å². The average molecular weight is 1340 g/mol. The van der Waals surface area contributed by atoms with Crippen molar-refractivity contribution >= 4 is 88.3 Å². The quantitative estimate of drug-likeness (QED) is 0.0175. The Bertz CT molecular complexity index is 3770. The number of carbonyl (C=O) groups is 9. The second-order valence-electron chi connectivity index (χ2n) is 25.7. The van der Waals surface area contributed by atoms with E-state index in [4.69, 9.17) is 39.4 Å². The molecule has 0 bridgehead atoms. The minimum absolute atomic E-state index is 0.00113. The van der Waals surface area contributed by atoms with Gasteiger partial charge in [0.15, 0.2) is 34.7 Å². The van der Waals surface area contributed by atoms with Gasteiger partial charge in [0, 0.05) is 112 Å². The fourth-order valence-corrected chi connectivity index (χ4v) is 12.5. The number of imide groups is 1. The Balaban J connectivity index is 0.704. The van der Waals surface area contributed by atoms with Gasteiger partial charge in [-0.15, -0.1) is 0 Å². The summed E-state index contributed by atoms with van der Waals surface area (Å²) < 4.78 is 31.5. The first-order chi connectivity index (χ1) is 47.3. The molecule has 6 aliphatic heterocycles. The van der Waals surface area contributed by atoms with Crippen LogP contribution in [-0.4, -0.2) is 151 Å². The maximum absolute atomic E-state index is 14.7. The van der Waals surface area contributed by atoms with Crippen LogP contribution >= 0.6 is 0 Å². The Hall–Kier alpha value is -10.3. The summed E-state index contributed by atoms with van der Waals surface area (Å²) in [5.74, 6) is -1.73. The minimum Gasteiger partial charge on any atom is -0.490 e. The van der Waals surface area contributed by atoms with Crippen LogP contribution in [0.25, 0.3) is 0 Å². The Labute approximate surface area is 570 Å². The Morgan fingerprint density at radius 1 is 0.643 bits per heavy atom. The number of hydrogen-bond acceptors (Lipinski definition) is 17. The number of Topliss-reactive ketones (excluding diaryl/α,β-unsaturated/α-hetero) is 1. The number of rotatable bonds is 23. The molecule has 0 aliphatic carbocycles. The molecule has 0 spiro atoms. The molecule has 6 heterocycles. The van der Waals surface area contributed by atoms with E-state index in [1.807, 2.05) is 40.4 Å². The maximum Gasteiger partial charge on any atom is 0.312 e. The van der Waals surface area contributed by atoms with Crippen LogP contribution in [0.1, 0.15) is 141 Å². The third kappa shape index (κ3) is 18.8. The van der Waals surface area contributed by atoms with Crippen LogP contribution in [0.3, 0.4) is 0 Å². The lowest BCUT2D eigenvalue weighted by atomic mass is 9.89. The number of fused-ring (bicyclic) bond motifs is 7. The summed E-state index contributed by atoms with van der Waals surface area (Å²) in [4.78, 5) is 131. The number of benzene rings is 4. The largest absolute Gasteiger partial charge is 0.490 e. The molecule has 25 heteroatoms. The van der Waals surface area contributed by atoms with Crippen molar-refractivity contribution in [1.29, 1.82) is 0 Å². The molecule has 98 heavy (non-hydrogen) atoms. The van der Waals surface area contributed by atoms with Gasteiger partial charge in [0.25, 0.3) is 23.6 Å². The summed E-state index contributed by atoms with van der Waals surface area (Å²) in [7, 11) is 0. The van der Waals surface area contributed by atoms with Crippen molar-refractivity contribution in [3.8, 4) is 23.0 Å². The van der Waals surface area contributed by atoms with Crippen LogP contribution in [0.2, 0.25) is 0 Å². The van der Waals surface area contributed by atoms with E-state index in [1.54, 1.807) is 62.4 Å². The van der Waals surface area contributed by atoms with Gasteiger partial charge >= 0.3 is 6.03 Å². The highest BCUT2D eigenvalue weighted by atomic mass is 16.5. The average Bonchev–Trinajstić information content (AvgIpc) is 1.54. The molecular formula is C73H87N11O14. The number of primary amides is 1. The Kier molecular flexibility index (Phi) is 24.1. The molecule has 0 unspecified atom stereocenters. The van der Waals surface area contributed by atoms with E-state index in [2.05, 4.69) is 39.7 Å². The van der Waals surface area contributed by atoms with Crippen LogP contribution in [0.15, 0.2) is 113 Å². The minimum atomic E-state index is -0.907. The van der Waals surface area contributed by atoms with Crippen molar-refractivity contribution < 1.29 is 66.8 Å². The highest BCUT2D eigenvalue weighted by Crippen LogP contribution is 2.41. The number of aliphatic imine (C=N–C) groups is 2. The van der Waals surface area contributed by atoms with E-state index in [1.165, 1.54) is 0 Å². The summed E-state index contributed by atoms with van der Waals surface area (Å²) in [5, 5.41) is 14.1. The topological polar surface area (TPSA) is 320 Å². The molecule has 0 radical (unpaired) electrons. The lowest BCUT2D eigenvalue weighted by molar-refractivity contribution is -0.137. The van der Waals surface area contributed by atoms with E-state index in [0.717, 1.165) is 77.8 Å². The highest BCUT2D eigenvalue weighted by molar-refractivity contribution is 6.13. The van der Waals surface area contributed by atoms with Gasteiger partial charge < -0.3 is 65.8 Å². The molecule has 1 fully saturated rings. The van der Waals surface area contributed by atoms with E-state index >= 15 is 0 Å². The molecule has 6 aliphatic rings. The first-order valence-corrected chi connectivity index (χ1v) is 33.8. The van der Waals surface area contributed by atoms with E-state index in [0.29, 0.717) is 109 Å². The maximum atomic E-state index is 14.7. The predicted octanol–water partition coefficient (Wildman–Crippen LogP) is 8.83. The van der Waals surface area contributed by atoms with Crippen molar-refractivity contribution in [2.75, 3.05) is 63.2 Å². The van der Waals surface area contributed by atoms with Crippen LogP contribution in [-0.2, 0) is 53.1 Å². The number of ether oxygens (including phenoxy) is 5. The standard InChI is InChI=1S/C73H87N11O14/c1-45(2)69(81-66(87)15-12-25-75-65(86)24-27-82-67(88)22-23-68(82)89)60(85)35-50(14-11-26-76-73(74)93)70(90)80-52-19-16-48(17-20-52)44-98-47(4)79-53-21-18-49-34-55-41-78-59-39-64-62(37-57(59)72(92)84(55)43-51(49)33-53)95-29-10-8-6-5-7-9-28-94-61-36-56-58(38-63(61)96-30-13-31-97-64)77-40-54-32-46(3)42-83(54)71(56)91/h16-23,33,36-41,45,50,54-55,69,79H,3-15,24-32,34-35,42-44H2,1-2H3,(H,75,86)(H,80,90)(H,81,87)(H3,74,76,93)/t50-,54+,55+,69+/m1/s1. The second-order valence-corrected chi connectivity index (χ2v) is 25.7. The fourth-order valence-electron chi connectivity index (χ4n) is 12.5. The Morgan fingerprint density at radius 3 is 1.84 bits per heavy atom. The number of urea groups is 1. The second kappa shape index (κ2) is 33.6. The number of nitrogens with two attached hydrogens (primary N) is 1. The summed E-state index contributed by atoms with van der Waals surface area (Å²) >= 11 is 0. The molecule has 518 valence electrons. The molecule has 0 aromatic heterocycles. The van der Waals surface area contributed by atoms with Gasteiger partial charge in [-0.1, -0.05) is 69.9 Å². The van der Waals surface area contributed by atoms with Gasteiger partial charge in [-0.25, -0.2) is 4.79 Å². The van der Waals surface area contributed by atoms with Crippen LogP contribution in [0.5, 0.6) is 23.0 Å². The van der Waals surface area contributed by atoms with E-state index in [-0.39, 0.29) is 119 Å². The van der Waals surface area contributed by atoms with Gasteiger partial charge in [0.2, 0.25) is 17.7 Å². The zero-order valence-electron chi connectivity index (χ0n) is 55.7. The van der Waals surface area contributed by atoms with Crippen molar-refractivity contribution in [2.24, 2.45) is 27.6 Å². The molecule has 1 saturated heterocycles. The fraction of sp³-hybridized carbons (Fsp3) is 0.438. The normalized spacial score (nSPS) is 18.2. The van der Waals surface area contributed by atoms with Crippen molar-refractivity contribution in [1.82, 2.24) is 30.7 Å². The molecular weight excluding hydrogens is 1250 g/mol. The summed E-state index contributed by atoms with van der Waals surface area (Å²) in [6.07, 6.45) is 13.9. The molecule has 7 N–H and O–H groups in total. The third-order valence-corrected chi connectivity index (χ3v) is 17.9. The van der Waals surface area contributed by atoms with Gasteiger partial charge in [-0.05, 0) is 111 Å². The lowest BCUT2D eigenvalue weighted by Gasteiger charge is -2.34. The molecule has 0 saturated carbocycles. The van der Waals surface area contributed by atoms with Gasteiger partial charge in [0.1, 0.15) is 6.61 Å². The Morgan fingerprint density at radius 2 is 1.21 bits per heavy atom. The number of anilines is 2. The van der Waals surface area contributed by atoms with Gasteiger partial charge in [0.05, 0.1) is 67.1 Å². The van der Waals surface area contributed by atoms with Gasteiger partial charge in [-0.2, -0.15) is 0 Å². The van der Waals surface area contributed by atoms with Crippen molar-refractivity contribution in [3.05, 3.63) is 131 Å². The first kappa shape index (κ1) is 70.5. The van der Waals surface area contributed by atoms with Crippen LogP contribution in [0, 0.1) is 11.8 Å². The number of carbonyl (C=O) groups excluding carboxylic acids is 9. The number of nitrogens with zero attached hydrogens (tertiary/aromatic N) is 5. The molecule has 25 nitrogen and oxygen atoms in total.